The maximum atomic E-state index is 12.4. The van der Waals surface area contributed by atoms with Crippen molar-refractivity contribution in [1.29, 1.82) is 0 Å². The van der Waals surface area contributed by atoms with Crippen LogP contribution in [-0.4, -0.2) is 53.2 Å². The van der Waals surface area contributed by atoms with Gasteiger partial charge >= 0.3 is 5.97 Å². The minimum Gasteiger partial charge on any atom is -0.478 e. The average molecular weight is 280 g/mol. The molecule has 0 aliphatic rings. The molecule has 1 heterocycles. The number of carboxylic acid groups (broad SMARTS) is 1. The lowest BCUT2D eigenvalue weighted by Crippen LogP contribution is -2.41. The van der Waals surface area contributed by atoms with E-state index in [2.05, 4.69) is 4.98 Å². The predicted octanol–water partition coefficient (Wildman–Crippen LogP) is 1.59. The van der Waals surface area contributed by atoms with Gasteiger partial charge in [-0.25, -0.2) is 9.78 Å². The fourth-order valence-corrected chi connectivity index (χ4v) is 2.04. The highest BCUT2D eigenvalue weighted by atomic mass is 16.5. The summed E-state index contributed by atoms with van der Waals surface area (Å²) in [5, 5.41) is 8.96. The summed E-state index contributed by atoms with van der Waals surface area (Å²) >= 11 is 0. The van der Waals surface area contributed by atoms with Gasteiger partial charge in [-0.15, -0.1) is 0 Å². The molecule has 0 saturated carbocycles. The van der Waals surface area contributed by atoms with Crippen molar-refractivity contribution in [3.63, 3.8) is 0 Å². The van der Waals surface area contributed by atoms with Crippen molar-refractivity contribution >= 4 is 11.9 Å². The van der Waals surface area contributed by atoms with Crippen LogP contribution in [0, 0.1) is 6.92 Å². The first-order valence-corrected chi connectivity index (χ1v) is 6.43. The van der Waals surface area contributed by atoms with E-state index in [0.29, 0.717) is 18.8 Å². The van der Waals surface area contributed by atoms with E-state index in [4.69, 9.17) is 9.84 Å². The second-order valence-corrected chi connectivity index (χ2v) is 4.53. The summed E-state index contributed by atoms with van der Waals surface area (Å²) in [4.78, 5) is 29.1. The third kappa shape index (κ3) is 3.54. The second-order valence-electron chi connectivity index (χ2n) is 4.53. The Hall–Kier alpha value is -1.95. The molecule has 6 nitrogen and oxygen atoms in total. The zero-order chi connectivity index (χ0) is 15.3. The lowest BCUT2D eigenvalue weighted by Gasteiger charge is -2.27. The lowest BCUT2D eigenvalue weighted by molar-refractivity contribution is 0.0572. The van der Waals surface area contributed by atoms with Crippen LogP contribution in [0.1, 0.15) is 40.4 Å². The van der Waals surface area contributed by atoms with Gasteiger partial charge in [0.2, 0.25) is 0 Å². The zero-order valence-electron chi connectivity index (χ0n) is 12.2. The molecular formula is C14H20N2O4. The predicted molar refractivity (Wildman–Crippen MR) is 74.0 cm³/mol. The lowest BCUT2D eigenvalue weighted by atomic mass is 10.1. The van der Waals surface area contributed by atoms with Gasteiger partial charge in [0.15, 0.2) is 0 Å². The van der Waals surface area contributed by atoms with Crippen LogP contribution in [0.4, 0.5) is 0 Å². The topological polar surface area (TPSA) is 79.7 Å². The molecule has 1 aromatic rings. The molecule has 1 atom stereocenters. The normalized spacial score (nSPS) is 12.0. The molecule has 0 aliphatic heterocycles. The minimum atomic E-state index is -1.05. The van der Waals surface area contributed by atoms with Crippen LogP contribution >= 0.6 is 0 Å². The molecule has 1 rings (SSSR count). The number of carbonyl (C=O) groups excluding carboxylic acids is 1. The van der Waals surface area contributed by atoms with E-state index in [1.165, 1.54) is 12.1 Å². The number of aromatic nitrogens is 1. The van der Waals surface area contributed by atoms with Gasteiger partial charge in [-0.05, 0) is 32.9 Å². The van der Waals surface area contributed by atoms with Crippen molar-refractivity contribution in [1.82, 2.24) is 9.88 Å². The van der Waals surface area contributed by atoms with Crippen LogP contribution in [0.25, 0.3) is 0 Å². The summed E-state index contributed by atoms with van der Waals surface area (Å²) in [6, 6.07) is 2.78. The smallest absolute Gasteiger partial charge is 0.337 e. The summed E-state index contributed by atoms with van der Waals surface area (Å²) in [5.41, 5.74) is 0.686. The number of pyridine rings is 1. The fraction of sp³-hybridized carbons (Fsp3) is 0.500. The van der Waals surface area contributed by atoms with Crippen LogP contribution in [0.15, 0.2) is 12.1 Å². The Morgan fingerprint density at radius 2 is 2.10 bits per heavy atom. The first-order valence-electron chi connectivity index (χ1n) is 6.43. The number of carboxylic acids is 1. The largest absolute Gasteiger partial charge is 0.478 e. The van der Waals surface area contributed by atoms with E-state index in [-0.39, 0.29) is 23.2 Å². The van der Waals surface area contributed by atoms with Gasteiger partial charge < -0.3 is 14.7 Å². The molecule has 0 fully saturated rings. The summed E-state index contributed by atoms with van der Waals surface area (Å²) in [5.74, 6) is -1.27. The Kier molecular flexibility index (Phi) is 5.64. The third-order valence-corrected chi connectivity index (χ3v) is 3.08. The summed E-state index contributed by atoms with van der Waals surface area (Å²) in [6.45, 7) is 6.32. The quantitative estimate of drug-likeness (QED) is 0.856. The Bertz CT molecular complexity index is 502. The van der Waals surface area contributed by atoms with Crippen molar-refractivity contribution in [3.05, 3.63) is 29.1 Å². The van der Waals surface area contributed by atoms with Crippen LogP contribution in [0.5, 0.6) is 0 Å². The number of likely N-dealkylation sites (N-methyl/N-ethyl adjacent to an activating group) is 1. The van der Waals surface area contributed by atoms with Crippen molar-refractivity contribution in [2.75, 3.05) is 20.3 Å². The SMILES string of the molecule is CCN(C(=O)c1ccc(C(=O)O)c(C)n1)C(C)COC. The standard InChI is InChI=1S/C14H20N2O4/c1-5-16(9(2)8-20-4)13(17)12-7-6-11(14(18)19)10(3)15-12/h6-7,9H,5,8H2,1-4H3,(H,18,19). The maximum absolute atomic E-state index is 12.4. The van der Waals surface area contributed by atoms with E-state index in [9.17, 15) is 9.59 Å². The van der Waals surface area contributed by atoms with Crippen molar-refractivity contribution in [3.8, 4) is 0 Å². The molecule has 0 bridgehead atoms. The highest BCUT2D eigenvalue weighted by Crippen LogP contribution is 2.11. The number of aryl methyl sites for hydroxylation is 1. The Morgan fingerprint density at radius 1 is 1.45 bits per heavy atom. The van der Waals surface area contributed by atoms with Gasteiger partial charge in [0.1, 0.15) is 5.69 Å². The molecule has 20 heavy (non-hydrogen) atoms. The maximum Gasteiger partial charge on any atom is 0.337 e. The number of carbonyl (C=O) groups is 2. The highest BCUT2D eigenvalue weighted by molar-refractivity contribution is 5.94. The van der Waals surface area contributed by atoms with Gasteiger partial charge in [0, 0.05) is 13.7 Å². The minimum absolute atomic E-state index is 0.0706. The van der Waals surface area contributed by atoms with Crippen molar-refractivity contribution < 1.29 is 19.4 Å². The first-order chi connectivity index (χ1) is 9.42. The fourth-order valence-electron chi connectivity index (χ4n) is 2.04. The molecule has 0 saturated heterocycles. The molecule has 1 unspecified atom stereocenters. The van der Waals surface area contributed by atoms with Crippen molar-refractivity contribution in [2.24, 2.45) is 0 Å². The van der Waals surface area contributed by atoms with Gasteiger partial charge in [0.05, 0.1) is 23.9 Å². The highest BCUT2D eigenvalue weighted by Gasteiger charge is 2.22. The average Bonchev–Trinajstić information content (AvgIpc) is 2.39. The number of methoxy groups -OCH3 is 1. The number of nitrogens with zero attached hydrogens (tertiary/aromatic N) is 2. The van der Waals surface area contributed by atoms with E-state index in [1.807, 2.05) is 13.8 Å². The molecule has 1 N–H and O–H groups in total. The van der Waals surface area contributed by atoms with E-state index in [1.54, 1.807) is 18.9 Å². The monoisotopic (exact) mass is 280 g/mol. The summed E-state index contributed by atoms with van der Waals surface area (Å²) in [6.07, 6.45) is 0. The van der Waals surface area contributed by atoms with Gasteiger partial charge in [-0.3, -0.25) is 4.79 Å². The number of hydrogen-bond acceptors (Lipinski definition) is 4. The van der Waals surface area contributed by atoms with Gasteiger partial charge in [-0.2, -0.15) is 0 Å². The van der Waals surface area contributed by atoms with E-state index in [0.717, 1.165) is 0 Å². The number of ether oxygens (including phenoxy) is 1. The van der Waals surface area contributed by atoms with Gasteiger partial charge in [0.25, 0.3) is 5.91 Å². The Morgan fingerprint density at radius 3 is 2.55 bits per heavy atom. The summed E-state index contributed by atoms with van der Waals surface area (Å²) in [7, 11) is 1.58. The van der Waals surface area contributed by atoms with Gasteiger partial charge in [-0.1, -0.05) is 0 Å². The van der Waals surface area contributed by atoms with Crippen LogP contribution < -0.4 is 0 Å². The molecule has 0 aromatic carbocycles. The first kappa shape index (κ1) is 16.1. The van der Waals surface area contributed by atoms with E-state index < -0.39 is 5.97 Å². The molecular weight excluding hydrogens is 260 g/mol. The zero-order valence-corrected chi connectivity index (χ0v) is 12.2. The van der Waals surface area contributed by atoms with Crippen LogP contribution in [-0.2, 0) is 4.74 Å². The summed E-state index contributed by atoms with van der Waals surface area (Å²) < 4.78 is 5.05. The van der Waals surface area contributed by atoms with Crippen LogP contribution in [0.3, 0.4) is 0 Å². The number of rotatable bonds is 6. The second kappa shape index (κ2) is 7.00. The van der Waals surface area contributed by atoms with Crippen LogP contribution in [0.2, 0.25) is 0 Å². The molecule has 1 aromatic heterocycles. The molecule has 6 heteroatoms. The molecule has 0 spiro atoms. The number of aromatic carboxylic acids is 1. The number of hydrogen-bond donors (Lipinski definition) is 1. The van der Waals surface area contributed by atoms with Crippen molar-refractivity contribution in [2.45, 2.75) is 26.8 Å². The number of amides is 1. The molecule has 0 aliphatic carbocycles. The van der Waals surface area contributed by atoms with E-state index >= 15 is 0 Å². The Balaban J connectivity index is 3.01. The molecule has 110 valence electrons. The molecule has 0 radical (unpaired) electrons. The molecule has 1 amide bonds. The third-order valence-electron chi connectivity index (χ3n) is 3.08. The Labute approximate surface area is 118 Å².